The number of anilines is 1. The molecule has 1 aliphatic heterocycles. The van der Waals surface area contributed by atoms with E-state index in [1.807, 2.05) is 0 Å². The van der Waals surface area contributed by atoms with E-state index >= 15 is 0 Å². The molecule has 82 valence electrons. The quantitative estimate of drug-likeness (QED) is 0.849. The Balaban J connectivity index is 2.27. The van der Waals surface area contributed by atoms with Crippen molar-refractivity contribution in [3.63, 3.8) is 0 Å². The lowest BCUT2D eigenvalue weighted by Gasteiger charge is -2.21. The van der Waals surface area contributed by atoms with Crippen molar-refractivity contribution in [1.29, 1.82) is 0 Å². The third-order valence-corrected chi connectivity index (χ3v) is 3.40. The van der Waals surface area contributed by atoms with Crippen LogP contribution >= 0.6 is 15.9 Å². The lowest BCUT2D eigenvalue weighted by atomic mass is 10.2. The minimum absolute atomic E-state index is 0.107. The van der Waals surface area contributed by atoms with Gasteiger partial charge in [0.15, 0.2) is 0 Å². The lowest BCUT2D eigenvalue weighted by molar-refractivity contribution is 0.726. The van der Waals surface area contributed by atoms with Crippen LogP contribution in [0.2, 0.25) is 0 Å². The van der Waals surface area contributed by atoms with E-state index in [9.17, 15) is 4.79 Å². The minimum atomic E-state index is -0.107. The molecule has 0 aliphatic carbocycles. The number of nitrogens with one attached hydrogen (secondary N) is 1. The number of aromatic nitrogens is 2. The second-order valence-corrected chi connectivity index (χ2v) is 4.56. The van der Waals surface area contributed by atoms with Crippen LogP contribution in [0.1, 0.15) is 25.7 Å². The Morgan fingerprint density at radius 3 is 2.60 bits per heavy atom. The first-order chi connectivity index (χ1) is 7.29. The summed E-state index contributed by atoms with van der Waals surface area (Å²) in [4.78, 5) is 20.4. The summed E-state index contributed by atoms with van der Waals surface area (Å²) in [6.45, 7) is 1.99. The molecular formula is C10H14BrN3O. The van der Waals surface area contributed by atoms with Gasteiger partial charge in [0, 0.05) is 13.1 Å². The third-order valence-electron chi connectivity index (χ3n) is 2.68. The molecular weight excluding hydrogens is 258 g/mol. The molecule has 0 atom stereocenters. The average molecular weight is 272 g/mol. The van der Waals surface area contributed by atoms with E-state index in [0.29, 0.717) is 4.47 Å². The Labute approximate surface area is 96.8 Å². The van der Waals surface area contributed by atoms with E-state index < -0.39 is 0 Å². The topological polar surface area (TPSA) is 49.0 Å². The van der Waals surface area contributed by atoms with Gasteiger partial charge < -0.3 is 9.88 Å². The smallest absolute Gasteiger partial charge is 0.267 e. The standard InChI is InChI=1S/C10H14BrN3O/c11-8-9(12-7-13-10(8)15)14-5-3-1-2-4-6-14/h7H,1-6H2,(H,12,13,15). The first kappa shape index (κ1) is 10.7. The van der Waals surface area contributed by atoms with Gasteiger partial charge in [-0.1, -0.05) is 12.8 Å². The zero-order valence-corrected chi connectivity index (χ0v) is 10.1. The third kappa shape index (κ3) is 2.40. The van der Waals surface area contributed by atoms with Crippen LogP contribution in [-0.4, -0.2) is 23.1 Å². The van der Waals surface area contributed by atoms with Gasteiger partial charge in [-0.15, -0.1) is 0 Å². The number of hydrogen-bond donors (Lipinski definition) is 1. The number of aromatic amines is 1. The van der Waals surface area contributed by atoms with Crippen molar-refractivity contribution < 1.29 is 0 Å². The first-order valence-electron chi connectivity index (χ1n) is 5.27. The van der Waals surface area contributed by atoms with Crippen molar-refractivity contribution in [2.75, 3.05) is 18.0 Å². The van der Waals surface area contributed by atoms with Crippen LogP contribution in [0.4, 0.5) is 5.82 Å². The fourth-order valence-corrected chi connectivity index (χ4v) is 2.34. The molecule has 0 amide bonds. The van der Waals surface area contributed by atoms with Crippen LogP contribution in [0.25, 0.3) is 0 Å². The van der Waals surface area contributed by atoms with Crippen molar-refractivity contribution in [1.82, 2.24) is 9.97 Å². The van der Waals surface area contributed by atoms with E-state index in [2.05, 4.69) is 30.8 Å². The predicted octanol–water partition coefficient (Wildman–Crippen LogP) is 1.91. The maximum Gasteiger partial charge on any atom is 0.267 e. The van der Waals surface area contributed by atoms with Crippen molar-refractivity contribution >= 4 is 21.7 Å². The Morgan fingerprint density at radius 2 is 1.93 bits per heavy atom. The number of halogens is 1. The maximum absolute atomic E-state index is 11.4. The lowest BCUT2D eigenvalue weighted by Crippen LogP contribution is -2.27. The van der Waals surface area contributed by atoms with E-state index in [1.165, 1.54) is 32.0 Å². The number of nitrogens with zero attached hydrogens (tertiary/aromatic N) is 2. The molecule has 2 heterocycles. The van der Waals surface area contributed by atoms with Crippen molar-refractivity contribution in [2.24, 2.45) is 0 Å². The summed E-state index contributed by atoms with van der Waals surface area (Å²) in [5.41, 5.74) is -0.107. The molecule has 15 heavy (non-hydrogen) atoms. The van der Waals surface area contributed by atoms with Crippen LogP contribution in [-0.2, 0) is 0 Å². The van der Waals surface area contributed by atoms with Crippen molar-refractivity contribution in [3.8, 4) is 0 Å². The molecule has 1 fully saturated rings. The Bertz CT molecular complexity index is 382. The molecule has 1 N–H and O–H groups in total. The van der Waals surface area contributed by atoms with Gasteiger partial charge in [0.1, 0.15) is 10.3 Å². The summed E-state index contributed by atoms with van der Waals surface area (Å²) < 4.78 is 0.548. The molecule has 1 saturated heterocycles. The fraction of sp³-hybridized carbons (Fsp3) is 0.600. The van der Waals surface area contributed by atoms with Crippen LogP contribution in [0.3, 0.4) is 0 Å². The summed E-state index contributed by atoms with van der Waals surface area (Å²) in [6.07, 6.45) is 6.38. The van der Waals surface area contributed by atoms with Gasteiger partial charge in [-0.2, -0.15) is 0 Å². The van der Waals surface area contributed by atoms with Gasteiger partial charge in [-0.05, 0) is 28.8 Å². The zero-order valence-electron chi connectivity index (χ0n) is 8.50. The summed E-state index contributed by atoms with van der Waals surface area (Å²) in [6, 6.07) is 0. The maximum atomic E-state index is 11.4. The molecule has 0 bridgehead atoms. The van der Waals surface area contributed by atoms with Crippen molar-refractivity contribution in [3.05, 3.63) is 21.2 Å². The first-order valence-corrected chi connectivity index (χ1v) is 6.06. The van der Waals surface area contributed by atoms with Gasteiger partial charge >= 0.3 is 0 Å². The molecule has 0 spiro atoms. The molecule has 5 heteroatoms. The molecule has 4 nitrogen and oxygen atoms in total. The van der Waals surface area contributed by atoms with Gasteiger partial charge in [-0.25, -0.2) is 4.98 Å². The highest BCUT2D eigenvalue weighted by Crippen LogP contribution is 2.22. The highest BCUT2D eigenvalue weighted by Gasteiger charge is 2.15. The Hall–Kier alpha value is -0.840. The molecule has 2 rings (SSSR count). The number of rotatable bonds is 1. The van der Waals surface area contributed by atoms with Crippen molar-refractivity contribution in [2.45, 2.75) is 25.7 Å². The molecule has 1 aliphatic rings. The van der Waals surface area contributed by atoms with Gasteiger partial charge in [0.05, 0.1) is 6.33 Å². The SMILES string of the molecule is O=c1[nH]cnc(N2CCCCCC2)c1Br. The molecule has 0 saturated carbocycles. The number of H-pyrrole nitrogens is 1. The molecule has 0 radical (unpaired) electrons. The Morgan fingerprint density at radius 1 is 1.27 bits per heavy atom. The van der Waals surface area contributed by atoms with Crippen LogP contribution < -0.4 is 10.5 Å². The van der Waals surface area contributed by atoms with Gasteiger partial charge in [0.25, 0.3) is 5.56 Å². The minimum Gasteiger partial charge on any atom is -0.355 e. The largest absolute Gasteiger partial charge is 0.355 e. The highest BCUT2D eigenvalue weighted by molar-refractivity contribution is 9.10. The van der Waals surface area contributed by atoms with Crippen LogP contribution in [0.15, 0.2) is 15.6 Å². The predicted molar refractivity (Wildman–Crippen MR) is 63.2 cm³/mol. The molecule has 0 aromatic carbocycles. The summed E-state index contributed by atoms with van der Waals surface area (Å²) in [5.74, 6) is 0.778. The second kappa shape index (κ2) is 4.79. The second-order valence-electron chi connectivity index (χ2n) is 3.77. The number of hydrogen-bond acceptors (Lipinski definition) is 3. The monoisotopic (exact) mass is 271 g/mol. The van der Waals surface area contributed by atoms with Crippen LogP contribution in [0.5, 0.6) is 0 Å². The fourth-order valence-electron chi connectivity index (χ4n) is 1.88. The molecule has 1 aromatic rings. The van der Waals surface area contributed by atoms with E-state index in [0.717, 1.165) is 18.9 Å². The Kier molecular flexibility index (Phi) is 3.41. The summed E-state index contributed by atoms with van der Waals surface area (Å²) >= 11 is 3.29. The van der Waals surface area contributed by atoms with Gasteiger partial charge in [0.2, 0.25) is 0 Å². The van der Waals surface area contributed by atoms with E-state index in [-0.39, 0.29) is 5.56 Å². The van der Waals surface area contributed by atoms with Crippen LogP contribution in [0, 0.1) is 0 Å². The normalized spacial score (nSPS) is 17.5. The average Bonchev–Trinajstić information content (AvgIpc) is 2.50. The molecule has 1 aromatic heterocycles. The van der Waals surface area contributed by atoms with E-state index in [4.69, 9.17) is 0 Å². The van der Waals surface area contributed by atoms with E-state index in [1.54, 1.807) is 0 Å². The summed E-state index contributed by atoms with van der Waals surface area (Å²) in [5, 5.41) is 0. The highest BCUT2D eigenvalue weighted by atomic mass is 79.9. The zero-order chi connectivity index (χ0) is 10.7. The van der Waals surface area contributed by atoms with Gasteiger partial charge in [-0.3, -0.25) is 4.79 Å². The summed E-state index contributed by atoms with van der Waals surface area (Å²) in [7, 11) is 0. The molecule has 0 unspecified atom stereocenters.